The van der Waals surface area contributed by atoms with Gasteiger partial charge in [0.2, 0.25) is 0 Å². The van der Waals surface area contributed by atoms with Crippen molar-refractivity contribution in [3.8, 4) is 20.9 Å². The van der Waals surface area contributed by atoms with Crippen LogP contribution in [0.5, 0.6) is 0 Å². The molecule has 6 aromatic rings. The lowest BCUT2D eigenvalue weighted by atomic mass is 10.1. The van der Waals surface area contributed by atoms with E-state index in [0.717, 1.165) is 32.0 Å². The smallest absolute Gasteiger partial charge is 0.273 e. The fraction of sp³-hybridized carbons (Fsp3) is 0.133. The van der Waals surface area contributed by atoms with Crippen LogP contribution in [0.2, 0.25) is 0 Å². The molecule has 0 aliphatic rings. The van der Waals surface area contributed by atoms with Crippen molar-refractivity contribution in [2.45, 2.75) is 36.1 Å². The zero-order valence-corrected chi connectivity index (χ0v) is 31.1. The molecule has 0 aliphatic heterocycles. The lowest BCUT2D eigenvalue weighted by molar-refractivity contribution is 0.430. The average Bonchev–Trinajstić information content (AvgIpc) is 3.83. The Morgan fingerprint density at radius 2 is 0.913 bits per heavy atom. The van der Waals surface area contributed by atoms with Crippen molar-refractivity contribution in [3.63, 3.8) is 0 Å². The monoisotopic (exact) mass is 824 g/mol. The Balaban J connectivity index is 0.000000181. The van der Waals surface area contributed by atoms with Crippen LogP contribution in [0.1, 0.15) is 22.5 Å². The molecule has 16 heteroatoms. The second-order valence-electron chi connectivity index (χ2n) is 10.0. The van der Waals surface area contributed by atoms with Crippen molar-refractivity contribution in [2.24, 2.45) is 0 Å². The molecule has 0 atom stereocenters. The normalized spacial score (nSPS) is 11.6. The SMILES string of the molecule is Cc1ccc(-c2ccc(S(=O)(=O)Nc3onc(C)c3Br)s2)cc1.Cc1ccc(-c2ccc(S(=O)(=O)Nc3onc(C)c3Br)s2)cc1. The first-order valence-corrected chi connectivity index (χ1v) is 19.5. The predicted octanol–water partition coefficient (Wildman–Crippen LogP) is 9.17. The van der Waals surface area contributed by atoms with E-state index in [-0.39, 0.29) is 20.2 Å². The maximum Gasteiger partial charge on any atom is 0.273 e. The summed E-state index contributed by atoms with van der Waals surface area (Å²) in [5.74, 6) is 0.153. The molecule has 0 amide bonds. The van der Waals surface area contributed by atoms with Crippen LogP contribution in [0.3, 0.4) is 0 Å². The second-order valence-corrected chi connectivity index (χ2v) is 17.6. The van der Waals surface area contributed by atoms with Crippen LogP contribution in [0.15, 0.2) is 99.2 Å². The molecule has 6 rings (SSSR count). The molecule has 240 valence electrons. The Hall–Kier alpha value is -3.28. The Labute approximate surface area is 291 Å². The highest BCUT2D eigenvalue weighted by Gasteiger charge is 2.23. The van der Waals surface area contributed by atoms with Crippen molar-refractivity contribution in [1.29, 1.82) is 0 Å². The van der Waals surface area contributed by atoms with Gasteiger partial charge in [0.1, 0.15) is 17.4 Å². The quantitative estimate of drug-likeness (QED) is 0.155. The number of anilines is 2. The Kier molecular flexibility index (Phi) is 10.2. The standard InChI is InChI=1S/2C15H13BrN2O3S2/c2*1-9-3-5-11(6-4-9)12-7-8-13(22-12)23(19,20)18-15-14(16)10(2)17-21-15/h2*3-8,18H,1-2H3. The van der Waals surface area contributed by atoms with Crippen LogP contribution in [0, 0.1) is 27.7 Å². The van der Waals surface area contributed by atoms with Crippen LogP contribution in [0.25, 0.3) is 20.9 Å². The highest BCUT2D eigenvalue weighted by atomic mass is 79.9. The van der Waals surface area contributed by atoms with Crippen molar-refractivity contribution >= 4 is 86.3 Å². The van der Waals surface area contributed by atoms with Gasteiger partial charge in [-0.25, -0.2) is 26.3 Å². The highest BCUT2D eigenvalue weighted by Crippen LogP contribution is 2.35. The molecule has 2 aromatic carbocycles. The van der Waals surface area contributed by atoms with Gasteiger partial charge in [-0.15, -0.1) is 22.7 Å². The number of benzene rings is 2. The van der Waals surface area contributed by atoms with Gasteiger partial charge >= 0.3 is 0 Å². The summed E-state index contributed by atoms with van der Waals surface area (Å²) < 4.78 is 66.0. The van der Waals surface area contributed by atoms with Gasteiger partial charge in [-0.05, 0) is 94.9 Å². The Morgan fingerprint density at radius 1 is 0.565 bits per heavy atom. The van der Waals surface area contributed by atoms with Gasteiger partial charge in [0.15, 0.2) is 0 Å². The molecule has 0 saturated carbocycles. The van der Waals surface area contributed by atoms with E-state index < -0.39 is 20.0 Å². The summed E-state index contributed by atoms with van der Waals surface area (Å²) in [6, 6.07) is 22.6. The molecular weight excluding hydrogens is 800 g/mol. The van der Waals surface area contributed by atoms with E-state index in [4.69, 9.17) is 9.05 Å². The molecule has 0 unspecified atom stereocenters. The van der Waals surface area contributed by atoms with E-state index in [9.17, 15) is 16.8 Å². The molecular formula is C30H26Br2N4O6S4. The molecule has 0 spiro atoms. The molecule has 0 fully saturated rings. The number of halogens is 2. The topological polar surface area (TPSA) is 144 Å². The third-order valence-corrected chi connectivity index (χ3v) is 14.2. The Morgan fingerprint density at radius 3 is 1.22 bits per heavy atom. The van der Waals surface area contributed by atoms with Gasteiger partial charge in [-0.2, -0.15) is 0 Å². The summed E-state index contributed by atoms with van der Waals surface area (Å²) in [6.07, 6.45) is 0. The molecule has 4 heterocycles. The molecule has 0 saturated heterocycles. The first kappa shape index (κ1) is 34.1. The number of nitrogens with zero attached hydrogens (tertiary/aromatic N) is 2. The summed E-state index contributed by atoms with van der Waals surface area (Å²) in [4.78, 5) is 1.77. The van der Waals surface area contributed by atoms with Gasteiger partial charge in [0.25, 0.3) is 31.8 Å². The van der Waals surface area contributed by atoms with Gasteiger partial charge in [0, 0.05) is 9.75 Å². The predicted molar refractivity (Wildman–Crippen MR) is 188 cm³/mol. The first-order chi connectivity index (χ1) is 21.7. The van der Waals surface area contributed by atoms with Gasteiger partial charge in [0.05, 0.1) is 11.4 Å². The second kappa shape index (κ2) is 13.8. The highest BCUT2D eigenvalue weighted by molar-refractivity contribution is 9.11. The van der Waals surface area contributed by atoms with Gasteiger partial charge in [-0.1, -0.05) is 70.0 Å². The van der Waals surface area contributed by atoms with Crippen molar-refractivity contribution in [3.05, 3.63) is 104 Å². The van der Waals surface area contributed by atoms with Crippen LogP contribution in [0.4, 0.5) is 11.8 Å². The number of hydrogen-bond donors (Lipinski definition) is 2. The number of hydrogen-bond acceptors (Lipinski definition) is 10. The van der Waals surface area contributed by atoms with Crippen LogP contribution < -0.4 is 9.44 Å². The molecule has 2 N–H and O–H groups in total. The largest absolute Gasteiger partial charge is 0.336 e. The summed E-state index contributed by atoms with van der Waals surface area (Å²) in [5.41, 5.74) is 5.44. The van der Waals surface area contributed by atoms with Gasteiger partial charge in [-0.3, -0.25) is 0 Å². The fourth-order valence-corrected chi connectivity index (χ4v) is 9.23. The number of thiophene rings is 2. The zero-order chi connectivity index (χ0) is 33.2. The lowest BCUT2D eigenvalue weighted by Gasteiger charge is -2.02. The minimum absolute atomic E-state index is 0.0767. The van der Waals surface area contributed by atoms with E-state index in [1.165, 1.54) is 22.7 Å². The number of aromatic nitrogens is 2. The number of sulfonamides is 2. The third-order valence-electron chi connectivity index (χ3n) is 6.40. The van der Waals surface area contributed by atoms with E-state index in [0.29, 0.717) is 20.3 Å². The maximum absolute atomic E-state index is 12.5. The molecule has 10 nitrogen and oxygen atoms in total. The summed E-state index contributed by atoms with van der Waals surface area (Å²) in [6.45, 7) is 7.45. The number of aryl methyl sites for hydroxylation is 4. The first-order valence-electron chi connectivity index (χ1n) is 13.4. The number of rotatable bonds is 8. The minimum atomic E-state index is -3.71. The van der Waals surface area contributed by atoms with Crippen molar-refractivity contribution < 1.29 is 25.9 Å². The maximum atomic E-state index is 12.5. The molecule has 0 radical (unpaired) electrons. The molecule has 46 heavy (non-hydrogen) atoms. The molecule has 0 bridgehead atoms. The van der Waals surface area contributed by atoms with E-state index in [1.54, 1.807) is 38.1 Å². The van der Waals surface area contributed by atoms with E-state index in [2.05, 4.69) is 51.6 Å². The lowest BCUT2D eigenvalue weighted by Crippen LogP contribution is -2.11. The van der Waals surface area contributed by atoms with Gasteiger partial charge < -0.3 is 9.05 Å². The summed E-state index contributed by atoms with van der Waals surface area (Å²) in [5, 5.41) is 7.42. The third kappa shape index (κ3) is 7.81. The molecule has 4 aromatic heterocycles. The summed E-state index contributed by atoms with van der Waals surface area (Å²) in [7, 11) is -7.43. The average molecular weight is 827 g/mol. The Bertz CT molecular complexity index is 2050. The fourth-order valence-electron chi connectivity index (χ4n) is 3.86. The van der Waals surface area contributed by atoms with Crippen LogP contribution >= 0.6 is 54.5 Å². The minimum Gasteiger partial charge on any atom is -0.336 e. The van der Waals surface area contributed by atoms with Crippen molar-refractivity contribution in [2.75, 3.05) is 9.44 Å². The molecule has 0 aliphatic carbocycles. The number of nitrogens with one attached hydrogen (secondary N) is 2. The van der Waals surface area contributed by atoms with Crippen LogP contribution in [-0.2, 0) is 20.0 Å². The van der Waals surface area contributed by atoms with Crippen molar-refractivity contribution in [1.82, 2.24) is 10.3 Å². The zero-order valence-electron chi connectivity index (χ0n) is 24.7. The van der Waals surface area contributed by atoms with E-state index in [1.807, 2.05) is 62.4 Å². The van der Waals surface area contributed by atoms with E-state index >= 15 is 0 Å². The van der Waals surface area contributed by atoms with Crippen LogP contribution in [-0.4, -0.2) is 27.1 Å². The summed E-state index contributed by atoms with van der Waals surface area (Å²) >= 11 is 8.89.